The summed E-state index contributed by atoms with van der Waals surface area (Å²) in [5, 5.41) is 13.4. The molecule has 0 fully saturated rings. The molecule has 0 aliphatic heterocycles. The average molecular weight is 421 g/mol. The van der Waals surface area contributed by atoms with E-state index in [-0.39, 0.29) is 22.1 Å². The number of ketones is 1. The van der Waals surface area contributed by atoms with Crippen LogP contribution in [0.3, 0.4) is 0 Å². The lowest BCUT2D eigenvalue weighted by Crippen LogP contribution is -2.12. The molecule has 3 rings (SSSR count). The molecular formula is C20H12Cl3NO3. The second-order valence-corrected chi connectivity index (χ2v) is 6.93. The molecule has 0 atom stereocenters. The SMILES string of the molecule is O=C(Nc1ccc(C(=O)c2ccc(Cl)cc2)c(Cl)c1)c1cc(Cl)ccc1O. The van der Waals surface area contributed by atoms with Crippen LogP contribution < -0.4 is 5.32 Å². The largest absolute Gasteiger partial charge is 0.507 e. The van der Waals surface area contributed by atoms with Gasteiger partial charge < -0.3 is 10.4 Å². The van der Waals surface area contributed by atoms with Crippen molar-refractivity contribution in [3.63, 3.8) is 0 Å². The lowest BCUT2D eigenvalue weighted by molar-refractivity contribution is 0.102. The van der Waals surface area contributed by atoms with Crippen molar-refractivity contribution in [2.75, 3.05) is 5.32 Å². The number of phenols is 1. The number of nitrogens with one attached hydrogen (secondary N) is 1. The van der Waals surface area contributed by atoms with E-state index in [4.69, 9.17) is 34.8 Å². The van der Waals surface area contributed by atoms with Crippen LogP contribution in [0.25, 0.3) is 0 Å². The first-order valence-electron chi connectivity index (χ1n) is 7.75. The second kappa shape index (κ2) is 8.01. The predicted octanol–water partition coefficient (Wildman–Crippen LogP) is 5.84. The zero-order chi connectivity index (χ0) is 19.6. The first-order valence-corrected chi connectivity index (χ1v) is 8.88. The number of carbonyl (C=O) groups is 2. The van der Waals surface area contributed by atoms with Gasteiger partial charge in [0.15, 0.2) is 5.78 Å². The van der Waals surface area contributed by atoms with Gasteiger partial charge in [-0.1, -0.05) is 34.8 Å². The molecule has 136 valence electrons. The van der Waals surface area contributed by atoms with Gasteiger partial charge in [-0.3, -0.25) is 9.59 Å². The standard InChI is InChI=1S/C20H12Cl3NO3/c21-12-3-1-11(2-4-12)19(26)15-7-6-14(10-17(15)23)24-20(27)16-9-13(22)5-8-18(16)25/h1-10,25H,(H,24,27). The van der Waals surface area contributed by atoms with Crippen LogP contribution in [0.15, 0.2) is 60.7 Å². The van der Waals surface area contributed by atoms with Gasteiger partial charge in [0.2, 0.25) is 0 Å². The molecule has 27 heavy (non-hydrogen) atoms. The fourth-order valence-electron chi connectivity index (χ4n) is 2.42. The first-order chi connectivity index (χ1) is 12.8. The molecule has 7 heteroatoms. The molecule has 0 aliphatic rings. The van der Waals surface area contributed by atoms with Crippen LogP contribution in [0.1, 0.15) is 26.3 Å². The smallest absolute Gasteiger partial charge is 0.259 e. The Labute approximate surface area is 170 Å². The van der Waals surface area contributed by atoms with Crippen molar-refractivity contribution in [3.8, 4) is 5.75 Å². The summed E-state index contributed by atoms with van der Waals surface area (Å²) in [6.07, 6.45) is 0. The summed E-state index contributed by atoms with van der Waals surface area (Å²) in [7, 11) is 0. The van der Waals surface area contributed by atoms with Crippen molar-refractivity contribution in [3.05, 3.63) is 92.4 Å². The maximum Gasteiger partial charge on any atom is 0.259 e. The van der Waals surface area contributed by atoms with Crippen LogP contribution in [0.2, 0.25) is 15.1 Å². The third kappa shape index (κ3) is 4.42. The molecule has 0 radical (unpaired) electrons. The van der Waals surface area contributed by atoms with Gasteiger partial charge in [0.25, 0.3) is 5.91 Å². The number of hydrogen-bond donors (Lipinski definition) is 2. The minimum absolute atomic E-state index is 0.0277. The zero-order valence-corrected chi connectivity index (χ0v) is 15.9. The Morgan fingerprint density at radius 3 is 2.11 bits per heavy atom. The molecule has 0 bridgehead atoms. The van der Waals surface area contributed by atoms with E-state index in [9.17, 15) is 14.7 Å². The van der Waals surface area contributed by atoms with E-state index in [1.165, 1.54) is 30.3 Å². The van der Waals surface area contributed by atoms with E-state index in [1.54, 1.807) is 30.3 Å². The fourth-order valence-corrected chi connectivity index (χ4v) is 2.99. The van der Waals surface area contributed by atoms with E-state index in [1.807, 2.05) is 0 Å². The molecule has 0 heterocycles. The third-order valence-electron chi connectivity index (χ3n) is 3.78. The molecule has 0 saturated heterocycles. The lowest BCUT2D eigenvalue weighted by Gasteiger charge is -2.10. The molecular weight excluding hydrogens is 409 g/mol. The lowest BCUT2D eigenvalue weighted by atomic mass is 10.0. The fraction of sp³-hybridized carbons (Fsp3) is 0. The maximum atomic E-state index is 12.6. The molecule has 3 aromatic rings. The monoisotopic (exact) mass is 419 g/mol. The van der Waals surface area contributed by atoms with E-state index >= 15 is 0 Å². The van der Waals surface area contributed by atoms with Crippen LogP contribution >= 0.6 is 34.8 Å². The molecule has 0 aromatic heterocycles. The highest BCUT2D eigenvalue weighted by Crippen LogP contribution is 2.26. The van der Waals surface area contributed by atoms with Gasteiger partial charge in [0, 0.05) is 26.9 Å². The van der Waals surface area contributed by atoms with Gasteiger partial charge in [0.05, 0.1) is 10.6 Å². The third-order valence-corrected chi connectivity index (χ3v) is 4.58. The predicted molar refractivity (Wildman–Crippen MR) is 107 cm³/mol. The Bertz CT molecular complexity index is 1030. The summed E-state index contributed by atoms with van der Waals surface area (Å²) in [6, 6.07) is 15.2. The van der Waals surface area contributed by atoms with Gasteiger partial charge in [-0.2, -0.15) is 0 Å². The summed E-state index contributed by atoms with van der Waals surface area (Å²) in [6.45, 7) is 0. The minimum atomic E-state index is -0.553. The molecule has 0 aliphatic carbocycles. The molecule has 3 aromatic carbocycles. The molecule has 0 unspecified atom stereocenters. The zero-order valence-electron chi connectivity index (χ0n) is 13.7. The van der Waals surface area contributed by atoms with Crippen molar-refractivity contribution in [2.24, 2.45) is 0 Å². The number of carbonyl (C=O) groups excluding carboxylic acids is 2. The van der Waals surface area contributed by atoms with E-state index in [0.29, 0.717) is 26.9 Å². The van der Waals surface area contributed by atoms with E-state index in [0.717, 1.165) is 0 Å². The van der Waals surface area contributed by atoms with Gasteiger partial charge in [-0.25, -0.2) is 0 Å². The Balaban J connectivity index is 1.82. The quantitative estimate of drug-likeness (QED) is 0.521. The first kappa shape index (κ1) is 19.2. The van der Waals surface area contributed by atoms with Gasteiger partial charge >= 0.3 is 0 Å². The van der Waals surface area contributed by atoms with Crippen LogP contribution in [0.5, 0.6) is 5.75 Å². The summed E-state index contributed by atoms with van der Waals surface area (Å²) in [5.74, 6) is -1.01. The van der Waals surface area contributed by atoms with Gasteiger partial charge in [0.1, 0.15) is 5.75 Å². The Hall–Kier alpha value is -2.53. The molecule has 2 N–H and O–H groups in total. The average Bonchev–Trinajstić information content (AvgIpc) is 2.64. The summed E-state index contributed by atoms with van der Waals surface area (Å²) >= 11 is 17.9. The number of amides is 1. The highest BCUT2D eigenvalue weighted by Gasteiger charge is 2.16. The van der Waals surface area contributed by atoms with Crippen molar-refractivity contribution in [2.45, 2.75) is 0 Å². The molecule has 0 spiro atoms. The maximum absolute atomic E-state index is 12.6. The van der Waals surface area contributed by atoms with Gasteiger partial charge in [-0.05, 0) is 60.7 Å². The summed E-state index contributed by atoms with van der Waals surface area (Å²) in [4.78, 5) is 24.9. The highest BCUT2D eigenvalue weighted by atomic mass is 35.5. The van der Waals surface area contributed by atoms with Gasteiger partial charge in [-0.15, -0.1) is 0 Å². The summed E-state index contributed by atoms with van der Waals surface area (Å²) in [5.41, 5.74) is 1.14. The number of rotatable bonds is 4. The second-order valence-electron chi connectivity index (χ2n) is 5.65. The Kier molecular flexibility index (Phi) is 5.71. The van der Waals surface area contributed by atoms with Crippen molar-refractivity contribution < 1.29 is 14.7 Å². The van der Waals surface area contributed by atoms with Crippen LogP contribution in [0, 0.1) is 0 Å². The molecule has 1 amide bonds. The van der Waals surface area contributed by atoms with E-state index < -0.39 is 5.91 Å². The number of aromatic hydroxyl groups is 1. The number of phenolic OH excluding ortho intramolecular Hbond substituents is 1. The molecule has 0 saturated carbocycles. The van der Waals surface area contributed by atoms with Crippen molar-refractivity contribution in [1.82, 2.24) is 0 Å². The minimum Gasteiger partial charge on any atom is -0.507 e. The number of anilines is 1. The Morgan fingerprint density at radius 1 is 0.778 bits per heavy atom. The highest BCUT2D eigenvalue weighted by molar-refractivity contribution is 6.35. The Morgan fingerprint density at radius 2 is 1.44 bits per heavy atom. The van der Waals surface area contributed by atoms with Crippen LogP contribution in [-0.2, 0) is 0 Å². The summed E-state index contributed by atoms with van der Waals surface area (Å²) < 4.78 is 0. The van der Waals surface area contributed by atoms with Crippen molar-refractivity contribution >= 4 is 52.2 Å². The number of benzene rings is 3. The molecule has 4 nitrogen and oxygen atoms in total. The van der Waals surface area contributed by atoms with Crippen LogP contribution in [0.4, 0.5) is 5.69 Å². The van der Waals surface area contributed by atoms with Crippen molar-refractivity contribution in [1.29, 1.82) is 0 Å². The normalized spacial score (nSPS) is 10.5. The topological polar surface area (TPSA) is 66.4 Å². The van der Waals surface area contributed by atoms with E-state index in [2.05, 4.69) is 5.32 Å². The number of hydrogen-bond acceptors (Lipinski definition) is 3. The number of halogens is 3. The van der Waals surface area contributed by atoms with Crippen LogP contribution in [-0.4, -0.2) is 16.8 Å².